The van der Waals surface area contributed by atoms with Gasteiger partial charge in [0.1, 0.15) is 5.82 Å². The maximum Gasteiger partial charge on any atom is 0.181 e. The van der Waals surface area contributed by atoms with Crippen LogP contribution in [0.3, 0.4) is 0 Å². The minimum Gasteiger partial charge on any atom is -0.375 e. The first-order chi connectivity index (χ1) is 5.66. The Morgan fingerprint density at radius 1 is 1.50 bits per heavy atom. The van der Waals surface area contributed by atoms with Crippen LogP contribution in [0.4, 0.5) is 9.52 Å². The Kier molecular flexibility index (Phi) is 1.69. The van der Waals surface area contributed by atoms with Gasteiger partial charge in [-0.05, 0) is 6.07 Å². The molecule has 0 spiro atoms. The average molecular weight is 200 g/mol. The van der Waals surface area contributed by atoms with E-state index in [4.69, 9.17) is 5.73 Å². The van der Waals surface area contributed by atoms with E-state index in [1.807, 2.05) is 0 Å². The van der Waals surface area contributed by atoms with E-state index < -0.39 is 0 Å². The largest absolute Gasteiger partial charge is 0.375 e. The Morgan fingerprint density at radius 3 is 3.00 bits per heavy atom. The summed E-state index contributed by atoms with van der Waals surface area (Å²) >= 11 is 5.27. The number of aromatic nitrogens is 1. The van der Waals surface area contributed by atoms with Crippen LogP contribution in [-0.4, -0.2) is 4.98 Å². The van der Waals surface area contributed by atoms with Gasteiger partial charge in [-0.15, -0.1) is 12.6 Å². The Bertz CT molecular complexity index is 399. The van der Waals surface area contributed by atoms with E-state index in [2.05, 4.69) is 17.6 Å². The first-order valence-corrected chi connectivity index (χ1v) is 4.48. The molecule has 1 heterocycles. The van der Waals surface area contributed by atoms with Crippen molar-refractivity contribution in [2.45, 2.75) is 4.90 Å². The first kappa shape index (κ1) is 7.82. The normalized spacial score (nSPS) is 10.8. The summed E-state index contributed by atoms with van der Waals surface area (Å²) < 4.78 is 13.8. The summed E-state index contributed by atoms with van der Waals surface area (Å²) in [6.45, 7) is 0. The van der Waals surface area contributed by atoms with Crippen molar-refractivity contribution < 1.29 is 4.39 Å². The Balaban J connectivity index is 2.83. The molecule has 1 aromatic carbocycles. The number of thiol groups is 1. The quantitative estimate of drug-likeness (QED) is 0.640. The van der Waals surface area contributed by atoms with Crippen LogP contribution in [0.2, 0.25) is 0 Å². The van der Waals surface area contributed by atoms with Crippen molar-refractivity contribution in [3.05, 3.63) is 17.9 Å². The van der Waals surface area contributed by atoms with Gasteiger partial charge < -0.3 is 5.73 Å². The number of nitrogens with two attached hydrogens (primary N) is 1. The van der Waals surface area contributed by atoms with Crippen LogP contribution in [0.5, 0.6) is 0 Å². The summed E-state index contributed by atoms with van der Waals surface area (Å²) in [5.74, 6) is -0.365. The predicted octanol–water partition coefficient (Wildman–Crippen LogP) is 2.31. The Morgan fingerprint density at radius 2 is 2.25 bits per heavy atom. The fraction of sp³-hybridized carbons (Fsp3) is 0. The van der Waals surface area contributed by atoms with Crippen molar-refractivity contribution in [1.82, 2.24) is 4.98 Å². The number of thiazole rings is 1. The second-order valence-electron chi connectivity index (χ2n) is 2.32. The molecule has 0 atom stereocenters. The predicted molar refractivity (Wildman–Crippen MR) is 51.2 cm³/mol. The Labute approximate surface area is 77.6 Å². The zero-order chi connectivity index (χ0) is 8.72. The van der Waals surface area contributed by atoms with E-state index in [9.17, 15) is 4.39 Å². The zero-order valence-corrected chi connectivity index (χ0v) is 7.62. The maximum atomic E-state index is 12.9. The number of benzene rings is 1. The van der Waals surface area contributed by atoms with Gasteiger partial charge in [0.25, 0.3) is 0 Å². The van der Waals surface area contributed by atoms with E-state index in [-0.39, 0.29) is 5.82 Å². The SMILES string of the molecule is Nc1nc2cc(F)c(S)cc2s1. The summed E-state index contributed by atoms with van der Waals surface area (Å²) in [5.41, 5.74) is 6.04. The molecule has 0 unspecified atom stereocenters. The molecule has 0 aliphatic rings. The van der Waals surface area contributed by atoms with Gasteiger partial charge in [0.2, 0.25) is 0 Å². The van der Waals surface area contributed by atoms with Gasteiger partial charge in [0.05, 0.1) is 10.2 Å². The second kappa shape index (κ2) is 2.60. The minimum atomic E-state index is -0.365. The number of halogens is 1. The summed E-state index contributed by atoms with van der Waals surface area (Å²) in [5, 5.41) is 0.448. The van der Waals surface area contributed by atoms with Crippen LogP contribution >= 0.6 is 24.0 Å². The van der Waals surface area contributed by atoms with Crippen molar-refractivity contribution >= 4 is 39.3 Å². The molecule has 0 aliphatic carbocycles. The molecule has 12 heavy (non-hydrogen) atoms. The summed E-state index contributed by atoms with van der Waals surface area (Å²) in [7, 11) is 0. The first-order valence-electron chi connectivity index (χ1n) is 3.21. The van der Waals surface area contributed by atoms with Crippen molar-refractivity contribution in [2.24, 2.45) is 0 Å². The Hall–Kier alpha value is -0.810. The third kappa shape index (κ3) is 1.15. The van der Waals surface area contributed by atoms with Crippen LogP contribution in [0.25, 0.3) is 10.2 Å². The lowest BCUT2D eigenvalue weighted by atomic mass is 10.3. The molecule has 2 rings (SSSR count). The number of nitrogens with zero attached hydrogens (tertiary/aromatic N) is 1. The monoisotopic (exact) mass is 200 g/mol. The highest BCUT2D eigenvalue weighted by molar-refractivity contribution is 7.80. The zero-order valence-electron chi connectivity index (χ0n) is 5.91. The fourth-order valence-corrected chi connectivity index (χ4v) is 1.99. The number of nitrogen functional groups attached to an aromatic ring is 1. The van der Waals surface area contributed by atoms with Gasteiger partial charge in [-0.2, -0.15) is 0 Å². The molecule has 0 fully saturated rings. The number of hydrogen-bond acceptors (Lipinski definition) is 4. The van der Waals surface area contributed by atoms with Crippen LogP contribution < -0.4 is 5.73 Å². The lowest BCUT2D eigenvalue weighted by molar-refractivity contribution is 0.605. The number of anilines is 1. The molecule has 0 radical (unpaired) electrons. The molecule has 1 aromatic heterocycles. The maximum absolute atomic E-state index is 12.9. The second-order valence-corrected chi connectivity index (χ2v) is 3.87. The van der Waals surface area contributed by atoms with E-state index in [0.29, 0.717) is 15.5 Å². The number of rotatable bonds is 0. The summed E-state index contributed by atoms with van der Waals surface area (Å²) in [6.07, 6.45) is 0. The van der Waals surface area contributed by atoms with Crippen LogP contribution in [-0.2, 0) is 0 Å². The van der Waals surface area contributed by atoms with Crippen molar-refractivity contribution in [3.8, 4) is 0 Å². The van der Waals surface area contributed by atoms with Crippen LogP contribution in [0.1, 0.15) is 0 Å². The highest BCUT2D eigenvalue weighted by atomic mass is 32.1. The van der Waals surface area contributed by atoms with E-state index in [1.54, 1.807) is 6.07 Å². The smallest absolute Gasteiger partial charge is 0.181 e. The number of hydrogen-bond donors (Lipinski definition) is 2. The molecule has 62 valence electrons. The molecule has 0 aliphatic heterocycles. The molecule has 0 bridgehead atoms. The molecular weight excluding hydrogens is 195 g/mol. The fourth-order valence-electron chi connectivity index (χ4n) is 0.955. The van der Waals surface area contributed by atoms with Gasteiger partial charge in [-0.25, -0.2) is 9.37 Å². The van der Waals surface area contributed by atoms with Gasteiger partial charge >= 0.3 is 0 Å². The summed E-state index contributed by atoms with van der Waals surface area (Å²) in [4.78, 5) is 4.26. The molecule has 2 aromatic rings. The van der Waals surface area contributed by atoms with Crippen molar-refractivity contribution in [3.63, 3.8) is 0 Å². The molecule has 5 heteroatoms. The number of fused-ring (bicyclic) bond motifs is 1. The van der Waals surface area contributed by atoms with Gasteiger partial charge in [0, 0.05) is 11.0 Å². The minimum absolute atomic E-state index is 0.325. The van der Waals surface area contributed by atoms with Crippen molar-refractivity contribution in [1.29, 1.82) is 0 Å². The molecule has 0 saturated carbocycles. The van der Waals surface area contributed by atoms with Gasteiger partial charge in [-0.1, -0.05) is 11.3 Å². The summed E-state index contributed by atoms with van der Waals surface area (Å²) in [6, 6.07) is 2.96. The van der Waals surface area contributed by atoms with Crippen LogP contribution in [0, 0.1) is 5.82 Å². The third-order valence-corrected chi connectivity index (χ3v) is 2.66. The van der Waals surface area contributed by atoms with Gasteiger partial charge in [-0.3, -0.25) is 0 Å². The van der Waals surface area contributed by atoms with Crippen molar-refractivity contribution in [2.75, 3.05) is 5.73 Å². The molecule has 2 N–H and O–H groups in total. The lowest BCUT2D eigenvalue weighted by Crippen LogP contribution is -1.80. The third-order valence-electron chi connectivity index (χ3n) is 1.47. The van der Waals surface area contributed by atoms with Crippen LogP contribution in [0.15, 0.2) is 17.0 Å². The molecule has 0 amide bonds. The van der Waals surface area contributed by atoms with E-state index in [0.717, 1.165) is 4.70 Å². The van der Waals surface area contributed by atoms with E-state index in [1.165, 1.54) is 17.4 Å². The highest BCUT2D eigenvalue weighted by Crippen LogP contribution is 2.27. The molecule has 2 nitrogen and oxygen atoms in total. The topological polar surface area (TPSA) is 38.9 Å². The highest BCUT2D eigenvalue weighted by Gasteiger charge is 2.05. The molecular formula is C7H5FN2S2. The van der Waals surface area contributed by atoms with Gasteiger partial charge in [0.15, 0.2) is 5.13 Å². The lowest BCUT2D eigenvalue weighted by Gasteiger charge is -1.92. The molecule has 0 saturated heterocycles. The standard InChI is InChI=1S/C7H5FN2S2/c8-3-1-4-6(2-5(3)11)12-7(9)10-4/h1-2,11H,(H2,9,10). The van der Waals surface area contributed by atoms with E-state index >= 15 is 0 Å². The average Bonchev–Trinajstić information content (AvgIpc) is 2.30.